The molecule has 2 rings (SSSR count). The average Bonchev–Trinajstić information content (AvgIpc) is 2.33. The number of rotatable bonds is 2. The van der Waals surface area contributed by atoms with Gasteiger partial charge in [-0.15, -0.1) is 0 Å². The van der Waals surface area contributed by atoms with Crippen molar-refractivity contribution in [2.75, 3.05) is 13.1 Å². The molecular weight excluding hydrogens is 292 g/mol. The van der Waals surface area contributed by atoms with Crippen LogP contribution < -0.4 is 5.32 Å². The first kappa shape index (κ1) is 12.8. The van der Waals surface area contributed by atoms with E-state index in [4.69, 9.17) is 0 Å². The Labute approximate surface area is 107 Å². The number of nitrogens with one attached hydrogen (secondary N) is 1. The first-order chi connectivity index (χ1) is 8.09. The van der Waals surface area contributed by atoms with E-state index in [1.54, 1.807) is 0 Å². The summed E-state index contributed by atoms with van der Waals surface area (Å²) in [6.45, 7) is 1.76. The maximum atomic E-state index is 13.8. The van der Waals surface area contributed by atoms with E-state index in [0.717, 1.165) is 32.0 Å². The molecule has 0 aromatic heterocycles. The summed E-state index contributed by atoms with van der Waals surface area (Å²) in [6.07, 6.45) is 2.38. The summed E-state index contributed by atoms with van der Waals surface area (Å²) in [5.74, 6) is -1.50. The number of phenols is 1. The third-order valence-corrected chi connectivity index (χ3v) is 3.88. The lowest BCUT2D eigenvalue weighted by Gasteiger charge is -2.23. The zero-order chi connectivity index (χ0) is 12.4. The van der Waals surface area contributed by atoms with E-state index in [9.17, 15) is 13.9 Å². The predicted molar refractivity (Wildman–Crippen MR) is 65.0 cm³/mol. The van der Waals surface area contributed by atoms with Crippen molar-refractivity contribution in [3.05, 3.63) is 27.7 Å². The molecule has 0 radical (unpaired) electrons. The summed E-state index contributed by atoms with van der Waals surface area (Å²) < 4.78 is 27.4. The molecule has 1 atom stereocenters. The molecule has 0 saturated carbocycles. The van der Waals surface area contributed by atoms with Crippen LogP contribution in [0.5, 0.6) is 5.75 Å². The van der Waals surface area contributed by atoms with E-state index in [2.05, 4.69) is 21.2 Å². The van der Waals surface area contributed by atoms with Gasteiger partial charge in [0.2, 0.25) is 0 Å². The largest absolute Gasteiger partial charge is 0.507 e. The number of hydrogen-bond donors (Lipinski definition) is 2. The summed E-state index contributed by atoms with van der Waals surface area (Å²) in [5, 5.41) is 12.5. The number of benzene rings is 1. The standard InChI is InChI=1S/C12H14BrF2NO/c13-11-10(17)5-9(14)8(12(11)15)4-7-2-1-3-16-6-7/h5,7,16-17H,1-4,6H2. The predicted octanol–water partition coefficient (Wildman–Crippen LogP) is 2.98. The van der Waals surface area contributed by atoms with Gasteiger partial charge < -0.3 is 10.4 Å². The third-order valence-electron chi connectivity index (χ3n) is 3.13. The van der Waals surface area contributed by atoms with Gasteiger partial charge in [0, 0.05) is 11.6 Å². The maximum Gasteiger partial charge on any atom is 0.147 e. The van der Waals surface area contributed by atoms with E-state index in [1.807, 2.05) is 0 Å². The Morgan fingerprint density at radius 1 is 1.47 bits per heavy atom. The fourth-order valence-corrected chi connectivity index (χ4v) is 2.55. The minimum atomic E-state index is -0.687. The number of piperidine rings is 1. The first-order valence-electron chi connectivity index (χ1n) is 5.65. The second-order valence-corrected chi connectivity index (χ2v) is 5.19. The summed E-state index contributed by atoms with van der Waals surface area (Å²) >= 11 is 2.92. The quantitative estimate of drug-likeness (QED) is 0.823. The van der Waals surface area contributed by atoms with E-state index in [1.165, 1.54) is 0 Å². The van der Waals surface area contributed by atoms with Gasteiger partial charge in [0.25, 0.3) is 0 Å². The van der Waals surface area contributed by atoms with Gasteiger partial charge in [0.15, 0.2) is 0 Å². The normalized spacial score (nSPS) is 20.5. The third kappa shape index (κ3) is 2.77. The molecule has 1 aliphatic heterocycles. The van der Waals surface area contributed by atoms with Gasteiger partial charge in [-0.05, 0) is 54.2 Å². The van der Waals surface area contributed by atoms with Gasteiger partial charge in [-0.25, -0.2) is 8.78 Å². The molecule has 1 aromatic carbocycles. The van der Waals surface area contributed by atoms with Crippen LogP contribution in [0.2, 0.25) is 0 Å². The van der Waals surface area contributed by atoms with Crippen LogP contribution >= 0.6 is 15.9 Å². The average molecular weight is 306 g/mol. The molecule has 94 valence electrons. The lowest BCUT2D eigenvalue weighted by atomic mass is 9.92. The SMILES string of the molecule is Oc1cc(F)c(CC2CCCNC2)c(F)c1Br. The molecule has 0 aliphatic carbocycles. The van der Waals surface area contributed by atoms with E-state index in [0.29, 0.717) is 6.42 Å². The van der Waals surface area contributed by atoms with Crippen molar-refractivity contribution >= 4 is 15.9 Å². The van der Waals surface area contributed by atoms with Crippen LogP contribution in [0.25, 0.3) is 0 Å². The zero-order valence-corrected chi connectivity index (χ0v) is 10.9. The van der Waals surface area contributed by atoms with Crippen LogP contribution in [0.3, 0.4) is 0 Å². The molecule has 1 aromatic rings. The van der Waals surface area contributed by atoms with Gasteiger partial charge >= 0.3 is 0 Å². The summed E-state index contributed by atoms with van der Waals surface area (Å²) in [4.78, 5) is 0. The van der Waals surface area contributed by atoms with Crippen LogP contribution in [0.4, 0.5) is 8.78 Å². The van der Waals surface area contributed by atoms with Crippen molar-refractivity contribution in [2.24, 2.45) is 5.92 Å². The molecular formula is C12H14BrF2NO. The Kier molecular flexibility index (Phi) is 3.99. The molecule has 2 nitrogen and oxygen atoms in total. The first-order valence-corrected chi connectivity index (χ1v) is 6.45. The van der Waals surface area contributed by atoms with E-state index in [-0.39, 0.29) is 16.0 Å². The van der Waals surface area contributed by atoms with Crippen molar-refractivity contribution in [3.63, 3.8) is 0 Å². The molecule has 1 unspecified atom stereocenters. The maximum absolute atomic E-state index is 13.8. The fraction of sp³-hybridized carbons (Fsp3) is 0.500. The molecule has 2 N–H and O–H groups in total. The molecule has 1 fully saturated rings. The Bertz CT molecular complexity index is 419. The van der Waals surface area contributed by atoms with Crippen LogP contribution in [-0.2, 0) is 6.42 Å². The van der Waals surface area contributed by atoms with Crippen LogP contribution in [0.15, 0.2) is 10.5 Å². The van der Waals surface area contributed by atoms with Crippen molar-refractivity contribution in [2.45, 2.75) is 19.3 Å². The highest BCUT2D eigenvalue weighted by molar-refractivity contribution is 9.10. The van der Waals surface area contributed by atoms with Gasteiger partial charge in [0.1, 0.15) is 17.4 Å². The monoisotopic (exact) mass is 305 g/mol. The lowest BCUT2D eigenvalue weighted by Crippen LogP contribution is -2.31. The summed E-state index contributed by atoms with van der Waals surface area (Å²) in [6, 6.07) is 0.957. The molecule has 0 bridgehead atoms. The number of phenolic OH excluding ortho intramolecular Hbond substituents is 1. The van der Waals surface area contributed by atoms with Crippen molar-refractivity contribution in [1.29, 1.82) is 0 Å². The molecule has 17 heavy (non-hydrogen) atoms. The number of hydrogen-bond acceptors (Lipinski definition) is 2. The highest BCUT2D eigenvalue weighted by Gasteiger charge is 2.21. The van der Waals surface area contributed by atoms with Crippen LogP contribution in [0, 0.1) is 17.6 Å². The van der Waals surface area contributed by atoms with Crippen molar-refractivity contribution in [1.82, 2.24) is 5.32 Å². The number of halogens is 3. The Hall–Kier alpha value is -0.680. The molecule has 1 aliphatic rings. The van der Waals surface area contributed by atoms with Gasteiger partial charge in [-0.3, -0.25) is 0 Å². The Morgan fingerprint density at radius 2 is 2.24 bits per heavy atom. The number of aromatic hydroxyl groups is 1. The fourth-order valence-electron chi connectivity index (χ4n) is 2.19. The van der Waals surface area contributed by atoms with Crippen molar-refractivity contribution < 1.29 is 13.9 Å². The van der Waals surface area contributed by atoms with E-state index < -0.39 is 17.4 Å². The summed E-state index contributed by atoms with van der Waals surface area (Å²) in [5.41, 5.74) is 0.0587. The molecule has 0 spiro atoms. The van der Waals surface area contributed by atoms with Gasteiger partial charge in [-0.1, -0.05) is 0 Å². The second kappa shape index (κ2) is 5.31. The van der Waals surface area contributed by atoms with Crippen molar-refractivity contribution in [3.8, 4) is 5.75 Å². The Morgan fingerprint density at radius 3 is 2.88 bits per heavy atom. The molecule has 1 saturated heterocycles. The highest BCUT2D eigenvalue weighted by Crippen LogP contribution is 2.32. The van der Waals surface area contributed by atoms with Gasteiger partial charge in [-0.2, -0.15) is 0 Å². The highest BCUT2D eigenvalue weighted by atomic mass is 79.9. The zero-order valence-electron chi connectivity index (χ0n) is 9.27. The van der Waals surface area contributed by atoms with Crippen LogP contribution in [0.1, 0.15) is 18.4 Å². The smallest absolute Gasteiger partial charge is 0.147 e. The molecule has 5 heteroatoms. The summed E-state index contributed by atoms with van der Waals surface area (Å²) in [7, 11) is 0. The molecule has 1 heterocycles. The minimum Gasteiger partial charge on any atom is -0.507 e. The Balaban J connectivity index is 2.22. The topological polar surface area (TPSA) is 32.3 Å². The second-order valence-electron chi connectivity index (χ2n) is 4.40. The minimum absolute atomic E-state index is 0.0577. The lowest BCUT2D eigenvalue weighted by molar-refractivity contribution is 0.364. The van der Waals surface area contributed by atoms with E-state index >= 15 is 0 Å². The van der Waals surface area contributed by atoms with Crippen LogP contribution in [-0.4, -0.2) is 18.2 Å². The van der Waals surface area contributed by atoms with Gasteiger partial charge in [0.05, 0.1) is 4.47 Å². The molecule has 0 amide bonds.